The van der Waals surface area contributed by atoms with Crippen molar-refractivity contribution in [3.63, 3.8) is 0 Å². The van der Waals surface area contributed by atoms with E-state index in [-0.39, 0.29) is 5.91 Å². The molecule has 3 rings (SSSR count). The highest BCUT2D eigenvalue weighted by Gasteiger charge is 2.20. The zero-order valence-electron chi connectivity index (χ0n) is 13.3. The molecular formula is C16H16N4OS3. The Morgan fingerprint density at radius 3 is 2.83 bits per heavy atom. The number of para-hydroxylation sites is 1. The largest absolute Gasteiger partial charge is 0.274 e. The van der Waals surface area contributed by atoms with E-state index in [1.54, 1.807) is 29.1 Å². The maximum absolute atomic E-state index is 12.2. The second kappa shape index (κ2) is 7.87. The summed E-state index contributed by atoms with van der Waals surface area (Å²) in [5.41, 5.74) is 4.70. The molecule has 1 amide bonds. The van der Waals surface area contributed by atoms with Crippen LogP contribution in [0.25, 0.3) is 0 Å². The summed E-state index contributed by atoms with van der Waals surface area (Å²) in [6.45, 7) is 3.66. The highest BCUT2D eigenvalue weighted by molar-refractivity contribution is 8.00. The van der Waals surface area contributed by atoms with E-state index in [2.05, 4.69) is 22.1 Å². The summed E-state index contributed by atoms with van der Waals surface area (Å²) in [7, 11) is 0. The molecule has 8 heteroatoms. The lowest BCUT2D eigenvalue weighted by Crippen LogP contribution is -2.23. The zero-order chi connectivity index (χ0) is 16.9. The molecule has 2 heterocycles. The smallest absolute Gasteiger partial charge is 0.230 e. The molecule has 0 aliphatic rings. The van der Waals surface area contributed by atoms with E-state index in [9.17, 15) is 4.79 Å². The number of thiazole rings is 1. The predicted octanol–water partition coefficient (Wildman–Crippen LogP) is 4.53. The molecule has 5 nitrogen and oxygen atoms in total. The number of carbonyl (C=O) groups excluding carboxylic acids is 1. The van der Waals surface area contributed by atoms with Crippen LogP contribution in [0.4, 0.5) is 10.8 Å². The fraction of sp³-hybridized carbons (Fsp3) is 0.250. The first-order valence-corrected chi connectivity index (χ1v) is 10.2. The Labute approximate surface area is 152 Å². The van der Waals surface area contributed by atoms with Crippen LogP contribution < -0.4 is 4.90 Å². The predicted molar refractivity (Wildman–Crippen MR) is 100 cm³/mol. The number of carbonyl (C=O) groups is 1. The van der Waals surface area contributed by atoms with Crippen molar-refractivity contribution < 1.29 is 4.79 Å². The van der Waals surface area contributed by atoms with E-state index in [0.29, 0.717) is 10.9 Å². The molecule has 0 aliphatic heterocycles. The molecule has 0 fully saturated rings. The second-order valence-corrected chi connectivity index (χ2v) is 7.84. The Balaban J connectivity index is 1.83. The van der Waals surface area contributed by atoms with Crippen LogP contribution in [0.2, 0.25) is 0 Å². The van der Waals surface area contributed by atoms with Crippen molar-refractivity contribution in [3.8, 4) is 0 Å². The number of aromatic nitrogens is 3. The van der Waals surface area contributed by atoms with Gasteiger partial charge in [0.1, 0.15) is 5.51 Å². The van der Waals surface area contributed by atoms with Crippen molar-refractivity contribution >= 4 is 51.2 Å². The Morgan fingerprint density at radius 1 is 1.29 bits per heavy atom. The van der Waals surface area contributed by atoms with Crippen LogP contribution in [0.5, 0.6) is 0 Å². The minimum Gasteiger partial charge on any atom is -0.274 e. The first-order valence-electron chi connectivity index (χ1n) is 7.41. The van der Waals surface area contributed by atoms with Gasteiger partial charge in [0, 0.05) is 18.1 Å². The van der Waals surface area contributed by atoms with E-state index < -0.39 is 0 Å². The number of benzene rings is 1. The third-order valence-corrected chi connectivity index (χ3v) is 6.11. The topological polar surface area (TPSA) is 59.0 Å². The molecule has 24 heavy (non-hydrogen) atoms. The summed E-state index contributed by atoms with van der Waals surface area (Å²) in [5.74, 6) is 0.681. The zero-order valence-corrected chi connectivity index (χ0v) is 15.7. The van der Waals surface area contributed by atoms with Crippen molar-refractivity contribution in [2.75, 3.05) is 4.90 Å². The van der Waals surface area contributed by atoms with Crippen LogP contribution in [0.3, 0.4) is 0 Å². The molecule has 124 valence electrons. The summed E-state index contributed by atoms with van der Waals surface area (Å²) in [6.07, 6.45) is 0.866. The average molecular weight is 377 g/mol. The number of amides is 1. The summed E-state index contributed by atoms with van der Waals surface area (Å²) >= 11 is 4.60. The molecule has 0 radical (unpaired) electrons. The Hall–Kier alpha value is -1.77. The summed E-state index contributed by atoms with van der Waals surface area (Å²) in [5, 5.41) is 10.5. The first-order chi connectivity index (χ1) is 11.7. The molecule has 1 aromatic carbocycles. The quantitative estimate of drug-likeness (QED) is 0.591. The number of thioether (sulfide) groups is 1. The van der Waals surface area contributed by atoms with Gasteiger partial charge >= 0.3 is 0 Å². The van der Waals surface area contributed by atoms with Gasteiger partial charge in [0.05, 0.1) is 11.4 Å². The van der Waals surface area contributed by atoms with E-state index in [0.717, 1.165) is 27.7 Å². The van der Waals surface area contributed by atoms with Crippen LogP contribution in [-0.2, 0) is 17.0 Å². The molecule has 0 unspecified atom stereocenters. The molecular weight excluding hydrogens is 360 g/mol. The van der Waals surface area contributed by atoms with Gasteiger partial charge in [-0.3, -0.25) is 9.69 Å². The highest BCUT2D eigenvalue weighted by Crippen LogP contribution is 2.33. The number of nitrogens with zero attached hydrogens (tertiary/aromatic N) is 4. The lowest BCUT2D eigenvalue weighted by molar-refractivity contribution is -0.115. The molecule has 0 N–H and O–H groups in total. The van der Waals surface area contributed by atoms with Crippen molar-refractivity contribution in [2.45, 2.75) is 30.4 Å². The Bertz CT molecular complexity index is 816. The normalized spacial score (nSPS) is 10.8. The van der Waals surface area contributed by atoms with Gasteiger partial charge < -0.3 is 0 Å². The molecule has 0 saturated heterocycles. The minimum absolute atomic E-state index is 0.0337. The third kappa shape index (κ3) is 3.82. The number of hydrogen-bond acceptors (Lipinski definition) is 7. The van der Waals surface area contributed by atoms with Crippen molar-refractivity contribution in [2.24, 2.45) is 0 Å². The van der Waals surface area contributed by atoms with E-state index >= 15 is 0 Å². The molecule has 2 aromatic heterocycles. The maximum atomic E-state index is 12.2. The van der Waals surface area contributed by atoms with Gasteiger partial charge in [-0.1, -0.05) is 48.2 Å². The molecule has 3 aromatic rings. The molecule has 0 aliphatic carbocycles. The van der Waals surface area contributed by atoms with E-state index in [1.165, 1.54) is 22.7 Å². The van der Waals surface area contributed by atoms with Crippen LogP contribution >= 0.6 is 34.4 Å². The van der Waals surface area contributed by atoms with Crippen LogP contribution in [0, 0.1) is 0 Å². The minimum atomic E-state index is -0.0337. The third-order valence-electron chi connectivity index (χ3n) is 3.34. The van der Waals surface area contributed by atoms with Gasteiger partial charge in [-0.25, -0.2) is 4.98 Å². The van der Waals surface area contributed by atoms with Crippen molar-refractivity contribution in [3.05, 3.63) is 46.4 Å². The van der Waals surface area contributed by atoms with Crippen LogP contribution in [-0.4, -0.2) is 21.1 Å². The average Bonchev–Trinajstić information content (AvgIpc) is 3.25. The summed E-state index contributed by atoms with van der Waals surface area (Å²) in [6, 6.07) is 7.96. The molecule has 0 atom stereocenters. The van der Waals surface area contributed by atoms with Crippen LogP contribution in [0.1, 0.15) is 25.1 Å². The van der Waals surface area contributed by atoms with Gasteiger partial charge in [0.15, 0.2) is 9.47 Å². The van der Waals surface area contributed by atoms with Gasteiger partial charge in [-0.15, -0.1) is 21.5 Å². The summed E-state index contributed by atoms with van der Waals surface area (Å²) in [4.78, 5) is 18.6. The summed E-state index contributed by atoms with van der Waals surface area (Å²) < 4.78 is 0.921. The maximum Gasteiger partial charge on any atom is 0.230 e. The van der Waals surface area contributed by atoms with Gasteiger partial charge in [-0.05, 0) is 18.1 Å². The molecule has 0 bridgehead atoms. The lowest BCUT2D eigenvalue weighted by atomic mass is 10.1. The Morgan fingerprint density at radius 2 is 2.12 bits per heavy atom. The fourth-order valence-corrected chi connectivity index (χ4v) is 4.63. The monoisotopic (exact) mass is 376 g/mol. The van der Waals surface area contributed by atoms with E-state index in [4.69, 9.17) is 0 Å². The SMILES string of the molecule is CCc1ccccc1N(C(C)=O)c1nc(CSc2nncs2)cs1. The second-order valence-electron chi connectivity index (χ2n) is 4.95. The standard InChI is InChI=1S/C16H16N4OS3/c1-3-12-6-4-5-7-14(12)20(11(2)21)15-18-13(8-22-15)9-23-16-19-17-10-24-16/h4-8,10H,3,9H2,1-2H3. The number of hydrogen-bond donors (Lipinski definition) is 0. The molecule has 0 spiro atoms. The van der Waals surface area contributed by atoms with Crippen LogP contribution in [0.15, 0.2) is 39.5 Å². The fourth-order valence-electron chi connectivity index (χ4n) is 2.26. The van der Waals surface area contributed by atoms with Gasteiger partial charge in [0.2, 0.25) is 5.91 Å². The number of anilines is 2. The first kappa shape index (κ1) is 17.1. The van der Waals surface area contributed by atoms with E-state index in [1.807, 2.05) is 29.6 Å². The number of aryl methyl sites for hydroxylation is 1. The number of rotatable bonds is 6. The van der Waals surface area contributed by atoms with Crippen molar-refractivity contribution in [1.82, 2.24) is 15.2 Å². The van der Waals surface area contributed by atoms with Crippen molar-refractivity contribution in [1.29, 1.82) is 0 Å². The highest BCUT2D eigenvalue weighted by atomic mass is 32.2. The lowest BCUT2D eigenvalue weighted by Gasteiger charge is -2.20. The van der Waals surface area contributed by atoms with Gasteiger partial charge in [-0.2, -0.15) is 0 Å². The molecule has 0 saturated carbocycles. The Kier molecular flexibility index (Phi) is 5.60. The van der Waals surface area contributed by atoms with Gasteiger partial charge in [0.25, 0.3) is 0 Å².